The van der Waals surface area contributed by atoms with Crippen LogP contribution in [0.1, 0.15) is 32.4 Å². The highest BCUT2D eigenvalue weighted by Crippen LogP contribution is 2.25. The molecule has 0 atom stereocenters. The third kappa shape index (κ3) is 4.33. The van der Waals surface area contributed by atoms with E-state index in [2.05, 4.69) is 35.9 Å². The van der Waals surface area contributed by atoms with Crippen LogP contribution in [0.2, 0.25) is 0 Å². The first-order chi connectivity index (χ1) is 13.0. The number of nitrogens with one attached hydrogen (secondary N) is 1. The predicted molar refractivity (Wildman–Crippen MR) is 107 cm³/mol. The van der Waals surface area contributed by atoms with Crippen molar-refractivity contribution in [3.05, 3.63) is 30.0 Å². The van der Waals surface area contributed by atoms with E-state index in [1.54, 1.807) is 4.90 Å². The molecule has 1 fully saturated rings. The number of aryl methyl sites for hydroxylation is 2. The van der Waals surface area contributed by atoms with Crippen molar-refractivity contribution >= 4 is 28.4 Å². The number of rotatable bonds is 6. The summed E-state index contributed by atoms with van der Waals surface area (Å²) in [6.07, 6.45) is 1.38. The number of fused-ring (bicyclic) bond motifs is 1. The van der Waals surface area contributed by atoms with Crippen molar-refractivity contribution in [1.29, 1.82) is 0 Å². The van der Waals surface area contributed by atoms with Gasteiger partial charge in [0.1, 0.15) is 6.61 Å². The smallest absolute Gasteiger partial charge is 0.248 e. The van der Waals surface area contributed by atoms with Crippen LogP contribution >= 0.6 is 0 Å². The quantitative estimate of drug-likeness (QED) is 0.848. The zero-order valence-corrected chi connectivity index (χ0v) is 16.5. The number of carbonyl (C=O) groups excluding carboxylic acids is 2. The highest BCUT2D eigenvalue weighted by Gasteiger charge is 2.27. The van der Waals surface area contributed by atoms with Crippen LogP contribution in [-0.4, -0.2) is 47.6 Å². The number of carbonyl (C=O) groups is 2. The number of hydrogen-bond donors (Lipinski definition) is 1. The molecular formula is C21H29N3O3. The second-order valence-corrected chi connectivity index (χ2v) is 7.09. The van der Waals surface area contributed by atoms with Crippen LogP contribution in [0.4, 0.5) is 5.69 Å². The zero-order chi connectivity index (χ0) is 19.4. The predicted octanol–water partition coefficient (Wildman–Crippen LogP) is 3.18. The minimum atomic E-state index is -0.0567. The van der Waals surface area contributed by atoms with Crippen molar-refractivity contribution < 1.29 is 14.3 Å². The lowest BCUT2D eigenvalue weighted by atomic mass is 9.95. The summed E-state index contributed by atoms with van der Waals surface area (Å²) in [6, 6.07) is 8.22. The summed E-state index contributed by atoms with van der Waals surface area (Å²) in [5.74, 6) is -0.00585. The van der Waals surface area contributed by atoms with Gasteiger partial charge in [-0.05, 0) is 57.9 Å². The Bertz CT molecular complexity index is 819. The second kappa shape index (κ2) is 8.57. The molecule has 3 rings (SSSR count). The molecule has 1 aliphatic rings. The molecular weight excluding hydrogens is 342 g/mol. The summed E-state index contributed by atoms with van der Waals surface area (Å²) in [7, 11) is 0. The Morgan fingerprint density at radius 3 is 2.59 bits per heavy atom. The summed E-state index contributed by atoms with van der Waals surface area (Å²) in [5.41, 5.74) is 3.24. The van der Waals surface area contributed by atoms with Gasteiger partial charge in [0.25, 0.3) is 0 Å². The number of anilines is 1. The van der Waals surface area contributed by atoms with E-state index < -0.39 is 0 Å². The van der Waals surface area contributed by atoms with Crippen LogP contribution < -0.4 is 5.32 Å². The van der Waals surface area contributed by atoms with Crippen LogP contribution in [0.25, 0.3) is 10.9 Å². The lowest BCUT2D eigenvalue weighted by Crippen LogP contribution is -2.42. The van der Waals surface area contributed by atoms with Crippen LogP contribution in [0.5, 0.6) is 0 Å². The van der Waals surface area contributed by atoms with E-state index in [4.69, 9.17) is 4.74 Å². The summed E-state index contributed by atoms with van der Waals surface area (Å²) in [5, 5.41) is 4.19. The summed E-state index contributed by atoms with van der Waals surface area (Å²) < 4.78 is 7.44. The van der Waals surface area contributed by atoms with Crippen LogP contribution in [0, 0.1) is 12.8 Å². The Morgan fingerprint density at radius 2 is 1.93 bits per heavy atom. The Balaban J connectivity index is 1.58. The van der Waals surface area contributed by atoms with Gasteiger partial charge in [0.2, 0.25) is 11.8 Å². The van der Waals surface area contributed by atoms with E-state index in [9.17, 15) is 9.59 Å². The highest BCUT2D eigenvalue weighted by molar-refractivity contribution is 5.95. The van der Waals surface area contributed by atoms with Gasteiger partial charge >= 0.3 is 0 Å². The average molecular weight is 371 g/mol. The first kappa shape index (κ1) is 19.4. The van der Waals surface area contributed by atoms with Gasteiger partial charge in [-0.3, -0.25) is 9.59 Å². The molecule has 6 nitrogen and oxygen atoms in total. The molecule has 0 bridgehead atoms. The maximum Gasteiger partial charge on any atom is 0.248 e. The van der Waals surface area contributed by atoms with E-state index in [1.807, 2.05) is 19.1 Å². The highest BCUT2D eigenvalue weighted by atomic mass is 16.5. The lowest BCUT2D eigenvalue weighted by Gasteiger charge is -2.31. The lowest BCUT2D eigenvalue weighted by molar-refractivity contribution is -0.138. The minimum Gasteiger partial charge on any atom is -0.372 e. The molecule has 0 aliphatic carbocycles. The SMILES string of the molecule is CCOCC(=O)N1CCC(C(=O)Nc2ccc3c(c2)cc(C)n3CC)CC1. The molecule has 146 valence electrons. The van der Waals surface area contributed by atoms with Gasteiger partial charge in [-0.15, -0.1) is 0 Å². The standard InChI is InChI=1S/C21H29N3O3/c1-4-24-15(3)12-17-13-18(6-7-19(17)24)22-21(26)16-8-10-23(11-9-16)20(25)14-27-5-2/h6-7,12-13,16H,4-5,8-11,14H2,1-3H3,(H,22,26). The van der Waals surface area contributed by atoms with Crippen molar-refractivity contribution in [2.24, 2.45) is 5.92 Å². The fourth-order valence-corrected chi connectivity index (χ4v) is 3.82. The average Bonchev–Trinajstić information content (AvgIpc) is 3.00. The zero-order valence-electron chi connectivity index (χ0n) is 16.5. The number of ether oxygens (including phenoxy) is 1. The molecule has 0 saturated carbocycles. The molecule has 27 heavy (non-hydrogen) atoms. The van der Waals surface area contributed by atoms with Crippen molar-refractivity contribution in [1.82, 2.24) is 9.47 Å². The van der Waals surface area contributed by atoms with Gasteiger partial charge in [-0.25, -0.2) is 0 Å². The van der Waals surface area contributed by atoms with Gasteiger partial charge in [0.15, 0.2) is 0 Å². The van der Waals surface area contributed by atoms with Crippen molar-refractivity contribution in [3.8, 4) is 0 Å². The first-order valence-electron chi connectivity index (χ1n) is 9.79. The molecule has 2 aromatic rings. The number of amides is 2. The van der Waals surface area contributed by atoms with Crippen molar-refractivity contribution in [3.63, 3.8) is 0 Å². The van der Waals surface area contributed by atoms with E-state index >= 15 is 0 Å². The van der Waals surface area contributed by atoms with Gasteiger partial charge in [0.05, 0.1) is 0 Å². The van der Waals surface area contributed by atoms with Crippen LogP contribution in [-0.2, 0) is 20.9 Å². The molecule has 1 aliphatic heterocycles. The molecule has 6 heteroatoms. The largest absolute Gasteiger partial charge is 0.372 e. The van der Waals surface area contributed by atoms with Crippen molar-refractivity contribution in [2.75, 3.05) is 31.6 Å². The van der Waals surface area contributed by atoms with Gasteiger partial charge in [0, 0.05) is 54.4 Å². The molecule has 0 spiro atoms. The fraction of sp³-hybridized carbons (Fsp3) is 0.524. The summed E-state index contributed by atoms with van der Waals surface area (Å²) in [4.78, 5) is 26.4. The van der Waals surface area contributed by atoms with Crippen LogP contribution in [0.3, 0.4) is 0 Å². The minimum absolute atomic E-state index is 0.0111. The van der Waals surface area contributed by atoms with Gasteiger partial charge in [-0.1, -0.05) is 0 Å². The number of aromatic nitrogens is 1. The number of hydrogen-bond acceptors (Lipinski definition) is 3. The fourth-order valence-electron chi connectivity index (χ4n) is 3.82. The monoisotopic (exact) mass is 371 g/mol. The number of piperidine rings is 1. The van der Waals surface area contributed by atoms with Crippen LogP contribution in [0.15, 0.2) is 24.3 Å². The maximum absolute atomic E-state index is 12.6. The normalized spacial score (nSPS) is 15.3. The Labute approximate surface area is 160 Å². The third-order valence-electron chi connectivity index (χ3n) is 5.34. The molecule has 2 heterocycles. The third-order valence-corrected chi connectivity index (χ3v) is 5.34. The number of nitrogens with zero attached hydrogens (tertiary/aromatic N) is 2. The Morgan fingerprint density at radius 1 is 1.19 bits per heavy atom. The molecule has 0 radical (unpaired) electrons. The van der Waals surface area contributed by atoms with E-state index in [0.29, 0.717) is 32.5 Å². The van der Waals surface area contributed by atoms with Gasteiger partial charge in [-0.2, -0.15) is 0 Å². The van der Waals surface area contributed by atoms with E-state index in [-0.39, 0.29) is 24.3 Å². The number of benzene rings is 1. The van der Waals surface area contributed by atoms with Gasteiger partial charge < -0.3 is 19.5 Å². The Hall–Kier alpha value is -2.34. The molecule has 0 unspecified atom stereocenters. The topological polar surface area (TPSA) is 63.6 Å². The molecule has 1 saturated heterocycles. The Kier molecular flexibility index (Phi) is 6.16. The number of likely N-dealkylation sites (tertiary alicyclic amines) is 1. The molecule has 2 amide bonds. The molecule has 1 N–H and O–H groups in total. The summed E-state index contributed by atoms with van der Waals surface area (Å²) in [6.45, 7) is 8.93. The van der Waals surface area contributed by atoms with Crippen molar-refractivity contribution in [2.45, 2.75) is 40.2 Å². The summed E-state index contributed by atoms with van der Waals surface area (Å²) >= 11 is 0. The molecule has 1 aromatic carbocycles. The maximum atomic E-state index is 12.6. The second-order valence-electron chi connectivity index (χ2n) is 7.09. The van der Waals surface area contributed by atoms with E-state index in [1.165, 1.54) is 11.2 Å². The van der Waals surface area contributed by atoms with E-state index in [0.717, 1.165) is 17.6 Å². The molecule has 1 aromatic heterocycles. The first-order valence-corrected chi connectivity index (χ1v) is 9.79.